The molecule has 152 valence electrons. The van der Waals surface area contributed by atoms with Crippen LogP contribution in [0.25, 0.3) is 0 Å². The van der Waals surface area contributed by atoms with E-state index in [1.165, 1.54) is 0 Å². The lowest BCUT2D eigenvalue weighted by molar-refractivity contribution is -0.0244. The van der Waals surface area contributed by atoms with Gasteiger partial charge in [0.1, 0.15) is 0 Å². The van der Waals surface area contributed by atoms with E-state index in [-0.39, 0.29) is 12.7 Å². The second kappa shape index (κ2) is 21.7. The van der Waals surface area contributed by atoms with Gasteiger partial charge in [0.15, 0.2) is 0 Å². The van der Waals surface area contributed by atoms with Crippen molar-refractivity contribution in [1.82, 2.24) is 0 Å². The summed E-state index contributed by atoms with van der Waals surface area (Å²) in [5.74, 6) is 0. The minimum Gasteiger partial charge on any atom is -0.394 e. The number of hydrogen-bond donors (Lipinski definition) is 1. The minimum absolute atomic E-state index is 0.0375. The van der Waals surface area contributed by atoms with Crippen LogP contribution >= 0.6 is 0 Å². The molecule has 0 unspecified atom stereocenters. The highest BCUT2D eigenvalue weighted by Crippen LogP contribution is 1.88. The van der Waals surface area contributed by atoms with E-state index >= 15 is 0 Å². The molecule has 0 radical (unpaired) electrons. The summed E-state index contributed by atoms with van der Waals surface area (Å²) in [7, 11) is 0. The SMILES string of the molecule is CC(C)OCCOCCOCCOCCOCCOCCOCCO. The molecule has 0 atom stereocenters. The van der Waals surface area contributed by atoms with Gasteiger partial charge >= 0.3 is 0 Å². The van der Waals surface area contributed by atoms with Crippen LogP contribution in [0.1, 0.15) is 13.8 Å². The molecule has 0 aliphatic heterocycles. The van der Waals surface area contributed by atoms with Crippen LogP contribution in [0, 0.1) is 0 Å². The standard InChI is InChI=1S/C17H36O8/c1-17(2)25-16-15-24-14-13-23-12-11-22-10-9-21-8-7-20-6-5-19-4-3-18/h17-18H,3-16H2,1-2H3. The van der Waals surface area contributed by atoms with Gasteiger partial charge in [-0.05, 0) is 13.8 Å². The zero-order chi connectivity index (χ0) is 18.4. The van der Waals surface area contributed by atoms with Gasteiger partial charge in [0.25, 0.3) is 0 Å². The highest BCUT2D eigenvalue weighted by atomic mass is 16.6. The van der Waals surface area contributed by atoms with Gasteiger partial charge in [-0.2, -0.15) is 0 Å². The molecular weight excluding hydrogens is 332 g/mol. The van der Waals surface area contributed by atoms with Gasteiger partial charge in [-0.15, -0.1) is 0 Å². The molecule has 0 aromatic heterocycles. The first-order chi connectivity index (χ1) is 12.3. The maximum atomic E-state index is 8.51. The Bertz CT molecular complexity index is 241. The van der Waals surface area contributed by atoms with Crippen LogP contribution in [-0.2, 0) is 33.2 Å². The molecule has 0 heterocycles. The fourth-order valence-electron chi connectivity index (χ4n) is 1.61. The van der Waals surface area contributed by atoms with Crippen LogP contribution in [0.4, 0.5) is 0 Å². The third-order valence-corrected chi connectivity index (χ3v) is 2.77. The van der Waals surface area contributed by atoms with Crippen LogP contribution in [0.15, 0.2) is 0 Å². The largest absolute Gasteiger partial charge is 0.394 e. The zero-order valence-electron chi connectivity index (χ0n) is 15.8. The highest BCUT2D eigenvalue weighted by Gasteiger charge is 1.95. The van der Waals surface area contributed by atoms with E-state index in [4.69, 9.17) is 38.3 Å². The Morgan fingerprint density at radius 2 is 0.760 bits per heavy atom. The highest BCUT2D eigenvalue weighted by molar-refractivity contribution is 4.38. The van der Waals surface area contributed by atoms with E-state index in [1.54, 1.807) is 0 Å². The predicted octanol–water partition coefficient (Wildman–Crippen LogP) is 0.503. The van der Waals surface area contributed by atoms with Crippen molar-refractivity contribution in [3.05, 3.63) is 0 Å². The second-order valence-electron chi connectivity index (χ2n) is 5.32. The molecule has 0 rings (SSSR count). The Morgan fingerprint density at radius 1 is 0.480 bits per heavy atom. The predicted molar refractivity (Wildman–Crippen MR) is 93.1 cm³/mol. The molecule has 0 saturated carbocycles. The Labute approximate surface area is 151 Å². The molecule has 0 aliphatic rings. The molecule has 0 aromatic rings. The van der Waals surface area contributed by atoms with E-state index < -0.39 is 0 Å². The summed E-state index contributed by atoms with van der Waals surface area (Å²) in [5, 5.41) is 8.51. The number of aliphatic hydroxyl groups excluding tert-OH is 1. The van der Waals surface area contributed by atoms with Gasteiger partial charge < -0.3 is 38.3 Å². The van der Waals surface area contributed by atoms with Crippen molar-refractivity contribution in [3.8, 4) is 0 Å². The molecule has 8 heteroatoms. The van der Waals surface area contributed by atoms with Crippen molar-refractivity contribution in [2.45, 2.75) is 20.0 Å². The van der Waals surface area contributed by atoms with E-state index in [0.29, 0.717) is 85.9 Å². The molecule has 0 spiro atoms. The Kier molecular flexibility index (Phi) is 21.4. The maximum absolute atomic E-state index is 8.51. The van der Waals surface area contributed by atoms with Crippen LogP contribution < -0.4 is 0 Å². The fourth-order valence-corrected chi connectivity index (χ4v) is 1.61. The number of rotatable bonds is 21. The van der Waals surface area contributed by atoms with Crippen LogP contribution in [0.5, 0.6) is 0 Å². The summed E-state index contributed by atoms with van der Waals surface area (Å²) in [6.07, 6.45) is 0.241. The van der Waals surface area contributed by atoms with Crippen molar-refractivity contribution in [1.29, 1.82) is 0 Å². The first-order valence-electron chi connectivity index (χ1n) is 8.96. The summed E-state index contributed by atoms with van der Waals surface area (Å²) >= 11 is 0. The van der Waals surface area contributed by atoms with Gasteiger partial charge in [-0.1, -0.05) is 0 Å². The van der Waals surface area contributed by atoms with E-state index in [9.17, 15) is 0 Å². The summed E-state index contributed by atoms with van der Waals surface area (Å²) in [6.45, 7) is 10.9. The molecule has 8 nitrogen and oxygen atoms in total. The number of aliphatic hydroxyl groups is 1. The molecule has 0 bridgehead atoms. The van der Waals surface area contributed by atoms with E-state index in [2.05, 4.69) is 0 Å². The van der Waals surface area contributed by atoms with Crippen LogP contribution in [0.2, 0.25) is 0 Å². The van der Waals surface area contributed by atoms with Crippen LogP contribution in [0.3, 0.4) is 0 Å². The Balaban J connectivity index is 2.96. The topological polar surface area (TPSA) is 84.8 Å². The quantitative estimate of drug-likeness (QED) is 0.293. The van der Waals surface area contributed by atoms with E-state index in [1.807, 2.05) is 13.8 Å². The van der Waals surface area contributed by atoms with Gasteiger partial charge in [-0.3, -0.25) is 0 Å². The van der Waals surface area contributed by atoms with Crippen molar-refractivity contribution in [2.75, 3.05) is 92.5 Å². The lowest BCUT2D eigenvalue weighted by Crippen LogP contribution is -2.15. The van der Waals surface area contributed by atoms with Gasteiger partial charge in [0.05, 0.1) is 98.6 Å². The molecule has 0 amide bonds. The first kappa shape index (κ1) is 24.7. The Hall–Kier alpha value is -0.320. The summed E-state index contributed by atoms with van der Waals surface area (Å²) in [5.41, 5.74) is 0. The average molecular weight is 368 g/mol. The molecule has 0 aliphatic carbocycles. The van der Waals surface area contributed by atoms with E-state index in [0.717, 1.165) is 0 Å². The van der Waals surface area contributed by atoms with Crippen molar-refractivity contribution in [3.63, 3.8) is 0 Å². The third-order valence-electron chi connectivity index (χ3n) is 2.77. The average Bonchev–Trinajstić information content (AvgIpc) is 2.60. The number of ether oxygens (including phenoxy) is 7. The lowest BCUT2D eigenvalue weighted by Gasteiger charge is -2.09. The number of hydrogen-bond acceptors (Lipinski definition) is 8. The monoisotopic (exact) mass is 368 g/mol. The minimum atomic E-state index is 0.0375. The molecule has 0 aromatic carbocycles. The molecule has 0 fully saturated rings. The van der Waals surface area contributed by atoms with Crippen molar-refractivity contribution in [2.24, 2.45) is 0 Å². The van der Waals surface area contributed by atoms with Gasteiger partial charge in [0.2, 0.25) is 0 Å². The van der Waals surface area contributed by atoms with Gasteiger partial charge in [-0.25, -0.2) is 0 Å². The normalized spacial score (nSPS) is 11.5. The van der Waals surface area contributed by atoms with Crippen molar-refractivity contribution < 1.29 is 38.3 Å². The third kappa shape index (κ3) is 23.7. The van der Waals surface area contributed by atoms with Gasteiger partial charge in [0, 0.05) is 0 Å². The first-order valence-corrected chi connectivity index (χ1v) is 8.96. The molecular formula is C17H36O8. The smallest absolute Gasteiger partial charge is 0.0703 e. The molecule has 0 saturated heterocycles. The summed E-state index contributed by atoms with van der Waals surface area (Å²) in [6, 6.07) is 0. The molecule has 1 N–H and O–H groups in total. The lowest BCUT2D eigenvalue weighted by atomic mass is 10.5. The summed E-state index contributed by atoms with van der Waals surface area (Å²) < 4.78 is 37.2. The fraction of sp³-hybridized carbons (Fsp3) is 1.00. The van der Waals surface area contributed by atoms with Crippen molar-refractivity contribution >= 4 is 0 Å². The maximum Gasteiger partial charge on any atom is 0.0703 e. The summed E-state index contributed by atoms with van der Waals surface area (Å²) in [4.78, 5) is 0. The van der Waals surface area contributed by atoms with Crippen LogP contribution in [-0.4, -0.2) is 104 Å². The molecule has 25 heavy (non-hydrogen) atoms. The second-order valence-corrected chi connectivity index (χ2v) is 5.32. The zero-order valence-corrected chi connectivity index (χ0v) is 15.8. The Morgan fingerprint density at radius 3 is 1.04 bits per heavy atom.